The van der Waals surface area contributed by atoms with Gasteiger partial charge in [0, 0.05) is 59.5 Å². The van der Waals surface area contributed by atoms with Crippen molar-refractivity contribution < 1.29 is 0 Å². The monoisotopic (exact) mass is 569 g/mol. The highest BCUT2D eigenvalue weighted by Gasteiger charge is 2.27. The molecule has 0 spiro atoms. The van der Waals surface area contributed by atoms with Crippen molar-refractivity contribution in [3.63, 3.8) is 0 Å². The zero-order chi connectivity index (χ0) is 29.0. The lowest BCUT2D eigenvalue weighted by Gasteiger charge is -2.07. The molecule has 0 N–H and O–H groups in total. The van der Waals surface area contributed by atoms with Crippen LogP contribution in [0.4, 0.5) is 0 Å². The Hall–Kier alpha value is -6.06. The van der Waals surface area contributed by atoms with Gasteiger partial charge in [-0.3, -0.25) is 0 Å². The molecular weight excluding hydrogens is 546 g/mol. The smallest absolute Gasteiger partial charge is 0.0628 e. The zero-order valence-electron chi connectivity index (χ0n) is 24.1. The van der Waals surface area contributed by atoms with E-state index in [9.17, 15) is 0 Å². The Morgan fingerprint density at radius 3 is 1.67 bits per heavy atom. The molecule has 0 radical (unpaired) electrons. The molecule has 7 aromatic carbocycles. The summed E-state index contributed by atoms with van der Waals surface area (Å²) >= 11 is 0. The predicted molar refractivity (Wildman–Crippen MR) is 190 cm³/mol. The number of benzene rings is 7. The summed E-state index contributed by atoms with van der Waals surface area (Å²) in [6.45, 7) is 0. The molecule has 0 amide bonds. The molecule has 0 unspecified atom stereocenters. The molecule has 0 fully saturated rings. The van der Waals surface area contributed by atoms with E-state index in [1.807, 2.05) is 0 Å². The number of para-hydroxylation sites is 5. The largest absolute Gasteiger partial charge is 0.309 e. The molecule has 0 aliphatic heterocycles. The van der Waals surface area contributed by atoms with E-state index >= 15 is 0 Å². The van der Waals surface area contributed by atoms with E-state index in [-0.39, 0.29) is 0 Å². The molecule has 0 saturated carbocycles. The molecule has 5 heterocycles. The molecule has 0 atom stereocenters. The van der Waals surface area contributed by atoms with Crippen LogP contribution in [0.25, 0.3) is 104 Å². The molecule has 12 aromatic rings. The third-order valence-corrected chi connectivity index (χ3v) is 10.5. The second kappa shape index (κ2) is 7.53. The van der Waals surface area contributed by atoms with Gasteiger partial charge in [0.25, 0.3) is 0 Å². The minimum atomic E-state index is 1.18. The van der Waals surface area contributed by atoms with Crippen LogP contribution < -0.4 is 0 Å². The fourth-order valence-electron chi connectivity index (χ4n) is 8.88. The molecule has 0 bridgehead atoms. The van der Waals surface area contributed by atoms with Gasteiger partial charge in [-0.2, -0.15) is 0 Å². The van der Waals surface area contributed by atoms with Gasteiger partial charge < -0.3 is 13.4 Å². The Bertz CT molecular complexity index is 3190. The fourth-order valence-corrected chi connectivity index (χ4v) is 8.88. The highest BCUT2D eigenvalue weighted by Crippen LogP contribution is 2.50. The maximum Gasteiger partial charge on any atom is 0.0628 e. The average Bonchev–Trinajstić information content (AvgIpc) is 3.88. The predicted octanol–water partition coefficient (Wildman–Crippen LogP) is 11.1. The van der Waals surface area contributed by atoms with Crippen molar-refractivity contribution in [2.75, 3.05) is 0 Å². The van der Waals surface area contributed by atoms with Crippen molar-refractivity contribution in [1.29, 1.82) is 0 Å². The lowest BCUT2D eigenvalue weighted by Crippen LogP contribution is -1.92. The second-order valence-electron chi connectivity index (χ2n) is 12.5. The summed E-state index contributed by atoms with van der Waals surface area (Å²) in [5, 5.41) is 13.2. The number of nitrogens with zero attached hydrogens (tertiary/aromatic N) is 3. The van der Waals surface area contributed by atoms with Crippen molar-refractivity contribution >= 4 is 98.0 Å². The molecule has 0 saturated heterocycles. The van der Waals surface area contributed by atoms with Gasteiger partial charge in [0.15, 0.2) is 0 Å². The van der Waals surface area contributed by atoms with Gasteiger partial charge in [0.1, 0.15) is 0 Å². The Balaban J connectivity index is 1.42. The lowest BCUT2D eigenvalue weighted by atomic mass is 9.99. The van der Waals surface area contributed by atoms with Crippen LogP contribution in [-0.4, -0.2) is 13.4 Å². The Morgan fingerprint density at radius 2 is 0.844 bits per heavy atom. The van der Waals surface area contributed by atoms with Crippen LogP contribution in [0.15, 0.2) is 140 Å². The van der Waals surface area contributed by atoms with Gasteiger partial charge in [-0.05, 0) is 48.5 Å². The summed E-state index contributed by atoms with van der Waals surface area (Å²) in [5.74, 6) is 0. The standard InChI is InChI=1S/C42H23N3/c1-2-11-24(12-3-1)43-32-19-8-5-14-27(32)37-34(43)21-22-35-39(37)30-23-36-38(40-28-15-6-9-20-33(28)44(35)42(30)40)29-17-10-16-26-25-13-4-7-18-31(25)45(36)41(26)29/h1-23H. The minimum Gasteiger partial charge on any atom is -0.309 e. The molecule has 0 aliphatic rings. The van der Waals surface area contributed by atoms with Crippen molar-refractivity contribution in [1.82, 2.24) is 13.4 Å². The molecule has 45 heavy (non-hydrogen) atoms. The van der Waals surface area contributed by atoms with Crippen LogP contribution in [0.3, 0.4) is 0 Å². The van der Waals surface area contributed by atoms with E-state index in [1.54, 1.807) is 0 Å². The topological polar surface area (TPSA) is 13.8 Å². The summed E-state index contributed by atoms with van der Waals surface area (Å²) in [7, 11) is 0. The van der Waals surface area contributed by atoms with E-state index in [0.29, 0.717) is 0 Å². The quantitative estimate of drug-likeness (QED) is 0.187. The average molecular weight is 570 g/mol. The number of hydrogen-bond acceptors (Lipinski definition) is 0. The van der Waals surface area contributed by atoms with E-state index in [2.05, 4.69) is 153 Å². The summed E-state index contributed by atoms with van der Waals surface area (Å²) in [5.41, 5.74) is 11.4. The Kier molecular flexibility index (Phi) is 3.76. The van der Waals surface area contributed by atoms with E-state index in [4.69, 9.17) is 0 Å². The van der Waals surface area contributed by atoms with Gasteiger partial charge in [-0.15, -0.1) is 0 Å². The van der Waals surface area contributed by atoms with E-state index in [0.717, 1.165) is 0 Å². The third-order valence-electron chi connectivity index (χ3n) is 10.5. The second-order valence-corrected chi connectivity index (χ2v) is 12.5. The summed E-state index contributed by atoms with van der Waals surface area (Å²) in [4.78, 5) is 0. The SMILES string of the molecule is c1ccc(-n2c3ccccc3c3c4c5cc6c(c7cccc8c9ccccc9n6c87)c6c7ccccc7n(c4ccc32)c56)cc1. The van der Waals surface area contributed by atoms with Crippen molar-refractivity contribution in [2.45, 2.75) is 0 Å². The fraction of sp³-hybridized carbons (Fsp3) is 0. The molecule has 3 heteroatoms. The first-order valence-corrected chi connectivity index (χ1v) is 15.6. The Morgan fingerprint density at radius 1 is 0.289 bits per heavy atom. The number of fused-ring (bicyclic) bond motifs is 17. The third kappa shape index (κ3) is 2.43. The first-order valence-electron chi connectivity index (χ1n) is 15.6. The van der Waals surface area contributed by atoms with Gasteiger partial charge in [0.2, 0.25) is 0 Å². The molecule has 12 rings (SSSR count). The maximum absolute atomic E-state index is 2.54. The summed E-state index contributed by atoms with van der Waals surface area (Å²) in [6.07, 6.45) is 0. The van der Waals surface area contributed by atoms with Gasteiger partial charge >= 0.3 is 0 Å². The number of rotatable bonds is 1. The molecule has 0 aliphatic carbocycles. The molecular formula is C42H23N3. The summed E-state index contributed by atoms with van der Waals surface area (Å²) in [6, 6.07) is 51.6. The van der Waals surface area contributed by atoms with Crippen molar-refractivity contribution in [3.05, 3.63) is 140 Å². The van der Waals surface area contributed by atoms with Crippen molar-refractivity contribution in [3.8, 4) is 5.69 Å². The number of aromatic nitrogens is 3. The van der Waals surface area contributed by atoms with E-state index < -0.39 is 0 Å². The molecule has 3 nitrogen and oxygen atoms in total. The van der Waals surface area contributed by atoms with Crippen LogP contribution in [-0.2, 0) is 0 Å². The van der Waals surface area contributed by atoms with Crippen molar-refractivity contribution in [2.24, 2.45) is 0 Å². The lowest BCUT2D eigenvalue weighted by molar-refractivity contribution is 1.18. The van der Waals surface area contributed by atoms with Crippen LogP contribution in [0.5, 0.6) is 0 Å². The first kappa shape index (κ1) is 22.5. The first-order chi connectivity index (χ1) is 22.4. The highest BCUT2D eigenvalue weighted by atomic mass is 15.0. The van der Waals surface area contributed by atoms with Crippen LogP contribution in [0.1, 0.15) is 0 Å². The summed E-state index contributed by atoms with van der Waals surface area (Å²) < 4.78 is 7.50. The maximum atomic E-state index is 2.54. The zero-order valence-corrected chi connectivity index (χ0v) is 24.1. The van der Waals surface area contributed by atoms with Gasteiger partial charge in [0.05, 0.1) is 44.1 Å². The normalized spacial score (nSPS) is 12.9. The van der Waals surface area contributed by atoms with Crippen LogP contribution >= 0.6 is 0 Å². The molecule has 206 valence electrons. The van der Waals surface area contributed by atoms with Gasteiger partial charge in [-0.25, -0.2) is 0 Å². The van der Waals surface area contributed by atoms with Crippen LogP contribution in [0, 0.1) is 0 Å². The van der Waals surface area contributed by atoms with Gasteiger partial charge in [-0.1, -0.05) is 91.0 Å². The molecule has 5 aromatic heterocycles. The minimum absolute atomic E-state index is 1.18. The van der Waals surface area contributed by atoms with Crippen LogP contribution in [0.2, 0.25) is 0 Å². The van der Waals surface area contributed by atoms with E-state index in [1.165, 1.54) is 104 Å². The highest BCUT2D eigenvalue weighted by molar-refractivity contribution is 6.40. The number of hydrogen-bond donors (Lipinski definition) is 0. The Labute approximate surface area is 256 Å².